The maximum atomic E-state index is 13.5. The van der Waals surface area contributed by atoms with Crippen LogP contribution in [0.3, 0.4) is 0 Å². The molecule has 2 atom stereocenters. The first kappa shape index (κ1) is 22.8. The molecule has 10 heteroatoms. The van der Waals surface area contributed by atoms with Gasteiger partial charge in [0.25, 0.3) is 0 Å². The molecule has 2 saturated heterocycles. The van der Waals surface area contributed by atoms with Crippen molar-refractivity contribution >= 4 is 46.8 Å². The summed E-state index contributed by atoms with van der Waals surface area (Å²) in [6.07, 6.45) is 2.51. The van der Waals surface area contributed by atoms with E-state index in [-0.39, 0.29) is 31.2 Å². The Morgan fingerprint density at radius 3 is 2.59 bits per heavy atom. The van der Waals surface area contributed by atoms with Crippen molar-refractivity contribution in [3.8, 4) is 0 Å². The molecule has 1 aromatic carbocycles. The maximum absolute atomic E-state index is 13.5. The van der Waals surface area contributed by atoms with Gasteiger partial charge >= 0.3 is 11.9 Å². The Morgan fingerprint density at radius 1 is 1.09 bits per heavy atom. The van der Waals surface area contributed by atoms with Crippen molar-refractivity contribution < 1.29 is 28.7 Å². The molecule has 0 N–H and O–H groups in total. The first-order chi connectivity index (χ1) is 15.3. The number of carbonyl (C=O) groups is 4. The average molecular weight is 481 g/mol. The Morgan fingerprint density at radius 2 is 1.88 bits per heavy atom. The van der Waals surface area contributed by atoms with Crippen LogP contribution in [0.15, 0.2) is 30.4 Å². The number of hydrogen-bond acceptors (Lipinski definition) is 7. The van der Waals surface area contributed by atoms with Gasteiger partial charge in [-0.25, -0.2) is 9.59 Å². The lowest BCUT2D eigenvalue weighted by Gasteiger charge is -2.51. The van der Waals surface area contributed by atoms with Gasteiger partial charge in [0.15, 0.2) is 6.10 Å². The molecule has 0 radical (unpaired) electrons. The summed E-state index contributed by atoms with van der Waals surface area (Å²) in [6.45, 7) is 1.05. The van der Waals surface area contributed by atoms with Gasteiger partial charge in [-0.2, -0.15) is 0 Å². The van der Waals surface area contributed by atoms with Crippen LogP contribution in [0, 0.1) is 0 Å². The minimum Gasteiger partial charge on any atom is -0.453 e. The molecule has 0 aliphatic carbocycles. The van der Waals surface area contributed by atoms with Crippen LogP contribution >= 0.6 is 23.2 Å². The molecule has 2 unspecified atom stereocenters. The maximum Gasteiger partial charge on any atom is 0.333 e. The summed E-state index contributed by atoms with van der Waals surface area (Å²) in [7, 11) is 0. The fraction of sp³-hybridized carbons (Fsp3) is 0.455. The van der Waals surface area contributed by atoms with Crippen LogP contribution in [0.4, 0.5) is 0 Å². The van der Waals surface area contributed by atoms with Gasteiger partial charge in [0.05, 0.1) is 29.6 Å². The highest BCUT2D eigenvalue weighted by Crippen LogP contribution is 2.36. The van der Waals surface area contributed by atoms with Crippen LogP contribution in [0.25, 0.3) is 0 Å². The number of Topliss-reactive ketones (excluding diaryl/α,β-unsaturated/α-hetero) is 1. The van der Waals surface area contributed by atoms with Crippen molar-refractivity contribution in [1.82, 2.24) is 9.80 Å². The fourth-order valence-corrected chi connectivity index (χ4v) is 4.76. The van der Waals surface area contributed by atoms with E-state index in [1.54, 1.807) is 18.2 Å². The molecule has 0 spiro atoms. The number of hydrogen-bond donors (Lipinski definition) is 0. The molecule has 170 valence electrons. The first-order valence-electron chi connectivity index (χ1n) is 10.4. The number of piperidine rings is 1. The number of amides is 1. The summed E-state index contributed by atoms with van der Waals surface area (Å²) < 4.78 is 11.4. The lowest BCUT2D eigenvalue weighted by atomic mass is 9.92. The lowest BCUT2D eigenvalue weighted by molar-refractivity contribution is -0.236. The monoisotopic (exact) mass is 480 g/mol. The van der Waals surface area contributed by atoms with E-state index in [1.807, 2.05) is 4.90 Å². The van der Waals surface area contributed by atoms with Crippen molar-refractivity contribution in [2.75, 3.05) is 26.2 Å². The van der Waals surface area contributed by atoms with E-state index in [4.69, 9.17) is 32.7 Å². The number of esters is 2. The molecular weight excluding hydrogens is 459 g/mol. The highest BCUT2D eigenvalue weighted by Gasteiger charge is 2.55. The number of halogens is 2. The van der Waals surface area contributed by atoms with Crippen LogP contribution in [-0.4, -0.2) is 71.4 Å². The summed E-state index contributed by atoms with van der Waals surface area (Å²) in [4.78, 5) is 53.3. The predicted octanol–water partition coefficient (Wildman–Crippen LogP) is 2.15. The van der Waals surface area contributed by atoms with Gasteiger partial charge in [0.1, 0.15) is 5.78 Å². The molecule has 0 aromatic heterocycles. The molecule has 3 aliphatic rings. The third-order valence-electron chi connectivity index (χ3n) is 5.90. The van der Waals surface area contributed by atoms with E-state index in [9.17, 15) is 19.2 Å². The summed E-state index contributed by atoms with van der Waals surface area (Å²) >= 11 is 12.1. The van der Waals surface area contributed by atoms with Crippen molar-refractivity contribution in [2.45, 2.75) is 37.5 Å². The van der Waals surface area contributed by atoms with E-state index in [0.717, 1.165) is 12.2 Å². The van der Waals surface area contributed by atoms with E-state index in [0.29, 0.717) is 48.0 Å². The van der Waals surface area contributed by atoms with Gasteiger partial charge in [0, 0.05) is 31.7 Å². The standard InChI is InChI=1S/C22H22Cl2N2O6/c23-16-4-3-14(10-17(16)24)11-19(28)26-8-1-2-18-22(26,13-25-9-7-15(27)12-25)32-21(30)6-5-20(29)31-18/h3-6,10,18H,1-2,7-9,11-13H2/b6-5-. The Balaban J connectivity index is 1.69. The first-order valence-corrected chi connectivity index (χ1v) is 11.1. The molecule has 4 rings (SSSR count). The number of carbonyl (C=O) groups excluding carboxylic acids is 4. The minimum absolute atomic E-state index is 0.00831. The van der Waals surface area contributed by atoms with Crippen LogP contribution in [0.2, 0.25) is 10.0 Å². The van der Waals surface area contributed by atoms with Gasteiger partial charge < -0.3 is 9.47 Å². The molecule has 0 saturated carbocycles. The lowest BCUT2D eigenvalue weighted by Crippen LogP contribution is -2.69. The Hall–Kier alpha value is -2.42. The highest BCUT2D eigenvalue weighted by molar-refractivity contribution is 6.42. The number of likely N-dealkylation sites (tertiary alicyclic amines) is 2. The third-order valence-corrected chi connectivity index (χ3v) is 6.64. The SMILES string of the molecule is O=C1CCN(CC23OC(=O)/C=C\C(=O)OC2CCCN3C(=O)Cc2ccc(Cl)c(Cl)c2)C1. The molecule has 1 aromatic rings. The Bertz CT molecular complexity index is 997. The van der Waals surface area contributed by atoms with Gasteiger partial charge in [-0.1, -0.05) is 29.3 Å². The molecule has 32 heavy (non-hydrogen) atoms. The van der Waals surface area contributed by atoms with Gasteiger partial charge in [-0.15, -0.1) is 0 Å². The topological polar surface area (TPSA) is 93.2 Å². The second kappa shape index (κ2) is 9.21. The van der Waals surface area contributed by atoms with Gasteiger partial charge in [0.2, 0.25) is 11.6 Å². The van der Waals surface area contributed by atoms with Gasteiger partial charge in [-0.05, 0) is 30.5 Å². The summed E-state index contributed by atoms with van der Waals surface area (Å²) in [5, 5.41) is 0.707. The zero-order valence-electron chi connectivity index (χ0n) is 17.2. The summed E-state index contributed by atoms with van der Waals surface area (Å²) in [5.74, 6) is -1.66. The minimum atomic E-state index is -1.53. The van der Waals surface area contributed by atoms with Crippen molar-refractivity contribution in [3.05, 3.63) is 46.0 Å². The predicted molar refractivity (Wildman–Crippen MR) is 115 cm³/mol. The van der Waals surface area contributed by atoms with Crippen LogP contribution in [-0.2, 0) is 35.1 Å². The molecule has 0 bridgehead atoms. The second-order valence-corrected chi connectivity index (χ2v) is 8.95. The van der Waals surface area contributed by atoms with Crippen LogP contribution in [0.1, 0.15) is 24.8 Å². The van der Waals surface area contributed by atoms with Crippen molar-refractivity contribution in [3.63, 3.8) is 0 Å². The van der Waals surface area contributed by atoms with E-state index in [2.05, 4.69) is 0 Å². The number of rotatable bonds is 4. The molecular formula is C22H22Cl2N2O6. The van der Waals surface area contributed by atoms with E-state index >= 15 is 0 Å². The average Bonchev–Trinajstić information content (AvgIpc) is 3.14. The summed E-state index contributed by atoms with van der Waals surface area (Å²) in [6, 6.07) is 4.92. The Kier molecular flexibility index (Phi) is 6.55. The normalized spacial score (nSPS) is 27.2. The van der Waals surface area contributed by atoms with Crippen molar-refractivity contribution in [1.29, 1.82) is 0 Å². The molecule has 2 fully saturated rings. The molecule has 8 nitrogen and oxygen atoms in total. The molecule has 1 amide bonds. The second-order valence-electron chi connectivity index (χ2n) is 8.14. The smallest absolute Gasteiger partial charge is 0.333 e. The highest BCUT2D eigenvalue weighted by atomic mass is 35.5. The number of fused-ring (bicyclic) bond motifs is 1. The zero-order chi connectivity index (χ0) is 22.9. The Labute approximate surface area is 195 Å². The number of ether oxygens (including phenoxy) is 2. The van der Waals surface area contributed by atoms with E-state index < -0.39 is 23.8 Å². The third kappa shape index (κ3) is 4.67. The van der Waals surface area contributed by atoms with Crippen LogP contribution < -0.4 is 0 Å². The molecule has 3 aliphatic heterocycles. The number of ketones is 1. The number of benzene rings is 1. The summed E-state index contributed by atoms with van der Waals surface area (Å²) in [5.41, 5.74) is -0.889. The van der Waals surface area contributed by atoms with Crippen LogP contribution in [0.5, 0.6) is 0 Å². The van der Waals surface area contributed by atoms with E-state index in [1.165, 1.54) is 4.90 Å². The zero-order valence-corrected chi connectivity index (χ0v) is 18.7. The number of nitrogens with zero attached hydrogens (tertiary/aromatic N) is 2. The quantitative estimate of drug-likeness (QED) is 0.609. The van der Waals surface area contributed by atoms with Crippen molar-refractivity contribution in [2.24, 2.45) is 0 Å². The largest absolute Gasteiger partial charge is 0.453 e. The van der Waals surface area contributed by atoms with Gasteiger partial charge in [-0.3, -0.25) is 19.4 Å². The fourth-order valence-electron chi connectivity index (χ4n) is 4.44. The molecule has 3 heterocycles.